The second-order valence-electron chi connectivity index (χ2n) is 5.01. The minimum Gasteiger partial charge on any atom is -0.344 e. The van der Waals surface area contributed by atoms with Gasteiger partial charge in [-0.1, -0.05) is 0 Å². The lowest BCUT2D eigenvalue weighted by molar-refractivity contribution is -0.138. The Labute approximate surface area is 99.5 Å². The highest BCUT2D eigenvalue weighted by Gasteiger charge is 2.39. The number of nitrogens with one attached hydrogen (secondary N) is 1. The second-order valence-corrected chi connectivity index (χ2v) is 5.01. The van der Waals surface area contributed by atoms with Crippen LogP contribution in [0, 0.1) is 0 Å². The quantitative estimate of drug-likeness (QED) is 0.626. The highest BCUT2D eigenvalue weighted by atomic mass is 16.2. The maximum atomic E-state index is 11.7. The third-order valence-electron chi connectivity index (χ3n) is 3.58. The first-order chi connectivity index (χ1) is 7.91. The molecule has 3 amide bonds. The van der Waals surface area contributed by atoms with E-state index in [4.69, 9.17) is 5.73 Å². The van der Waals surface area contributed by atoms with Crippen LogP contribution in [0.1, 0.15) is 32.1 Å². The number of nitrogens with two attached hydrogens (primary N) is 1. The lowest BCUT2D eigenvalue weighted by Crippen LogP contribution is -2.51. The summed E-state index contributed by atoms with van der Waals surface area (Å²) < 4.78 is 0. The van der Waals surface area contributed by atoms with Crippen LogP contribution in [0.4, 0.5) is 0 Å². The van der Waals surface area contributed by atoms with Crippen molar-refractivity contribution in [3.05, 3.63) is 0 Å². The molecule has 1 saturated heterocycles. The molecule has 1 aliphatic heterocycles. The fraction of sp³-hybridized carbons (Fsp3) is 0.727. The Morgan fingerprint density at radius 1 is 1.53 bits per heavy atom. The monoisotopic (exact) mass is 239 g/mol. The average molecular weight is 239 g/mol. The highest BCUT2D eigenvalue weighted by molar-refractivity contribution is 6.06. The van der Waals surface area contributed by atoms with E-state index in [1.54, 1.807) is 0 Å². The molecule has 17 heavy (non-hydrogen) atoms. The SMILES string of the molecule is CN1C(=O)CC(NC(=O)CC2(N)CCC2)C1=O. The first-order valence-electron chi connectivity index (χ1n) is 5.80. The number of carbonyl (C=O) groups excluding carboxylic acids is 3. The van der Waals surface area contributed by atoms with Crippen LogP contribution in [0.5, 0.6) is 0 Å². The van der Waals surface area contributed by atoms with Crippen LogP contribution in [0.2, 0.25) is 0 Å². The molecule has 0 aromatic rings. The highest BCUT2D eigenvalue weighted by Crippen LogP contribution is 2.32. The van der Waals surface area contributed by atoms with Gasteiger partial charge < -0.3 is 11.1 Å². The van der Waals surface area contributed by atoms with E-state index in [9.17, 15) is 14.4 Å². The molecule has 3 N–H and O–H groups in total. The molecule has 0 aromatic carbocycles. The summed E-state index contributed by atoms with van der Waals surface area (Å²) in [6.07, 6.45) is 3.02. The zero-order valence-electron chi connectivity index (χ0n) is 9.86. The molecule has 1 atom stereocenters. The molecule has 1 aliphatic carbocycles. The van der Waals surface area contributed by atoms with E-state index in [2.05, 4.69) is 5.32 Å². The summed E-state index contributed by atoms with van der Waals surface area (Å²) in [7, 11) is 1.42. The molecule has 1 heterocycles. The molecule has 0 bridgehead atoms. The van der Waals surface area contributed by atoms with Crippen LogP contribution in [-0.4, -0.2) is 41.2 Å². The van der Waals surface area contributed by atoms with E-state index >= 15 is 0 Å². The van der Waals surface area contributed by atoms with Gasteiger partial charge in [-0.15, -0.1) is 0 Å². The standard InChI is InChI=1S/C11H17N3O3/c1-14-9(16)5-7(10(14)17)13-8(15)6-11(12)3-2-4-11/h7H,2-6,12H2,1H3,(H,13,15). The summed E-state index contributed by atoms with van der Waals surface area (Å²) in [5.74, 6) is -0.844. The van der Waals surface area contributed by atoms with Crippen molar-refractivity contribution in [3.8, 4) is 0 Å². The molecule has 1 unspecified atom stereocenters. The van der Waals surface area contributed by atoms with Gasteiger partial charge in [-0.05, 0) is 19.3 Å². The maximum absolute atomic E-state index is 11.7. The molecule has 0 spiro atoms. The third-order valence-corrected chi connectivity index (χ3v) is 3.58. The van der Waals surface area contributed by atoms with Crippen molar-refractivity contribution in [3.63, 3.8) is 0 Å². The molecule has 0 aromatic heterocycles. The summed E-state index contributed by atoms with van der Waals surface area (Å²) in [6.45, 7) is 0. The van der Waals surface area contributed by atoms with E-state index in [0.717, 1.165) is 24.2 Å². The molecule has 1 saturated carbocycles. The summed E-state index contributed by atoms with van der Waals surface area (Å²) in [4.78, 5) is 35.6. The van der Waals surface area contributed by atoms with E-state index in [0.29, 0.717) is 0 Å². The van der Waals surface area contributed by atoms with E-state index in [1.807, 2.05) is 0 Å². The van der Waals surface area contributed by atoms with Crippen molar-refractivity contribution in [1.82, 2.24) is 10.2 Å². The molecular weight excluding hydrogens is 222 g/mol. The summed E-state index contributed by atoms with van der Waals surface area (Å²) >= 11 is 0. The molecule has 0 radical (unpaired) electrons. The van der Waals surface area contributed by atoms with Gasteiger partial charge in [-0.3, -0.25) is 19.3 Å². The Kier molecular flexibility index (Phi) is 2.91. The number of hydrogen-bond acceptors (Lipinski definition) is 4. The Balaban J connectivity index is 1.87. The number of likely N-dealkylation sites (N-methyl/N-ethyl adjacent to an activating group) is 1. The van der Waals surface area contributed by atoms with E-state index in [-0.39, 0.29) is 30.6 Å². The van der Waals surface area contributed by atoms with Crippen LogP contribution < -0.4 is 11.1 Å². The maximum Gasteiger partial charge on any atom is 0.252 e. The molecule has 2 aliphatic rings. The Hall–Kier alpha value is -1.43. The molecule has 2 fully saturated rings. The van der Waals surface area contributed by atoms with Gasteiger partial charge in [0.05, 0.1) is 6.42 Å². The van der Waals surface area contributed by atoms with Crippen LogP contribution in [0.3, 0.4) is 0 Å². The van der Waals surface area contributed by atoms with Crippen LogP contribution in [0.25, 0.3) is 0 Å². The van der Waals surface area contributed by atoms with Gasteiger partial charge in [0.2, 0.25) is 11.8 Å². The van der Waals surface area contributed by atoms with E-state index in [1.165, 1.54) is 7.05 Å². The fourth-order valence-electron chi connectivity index (χ4n) is 2.24. The smallest absolute Gasteiger partial charge is 0.252 e. The lowest BCUT2D eigenvalue weighted by atomic mass is 9.75. The van der Waals surface area contributed by atoms with Crippen molar-refractivity contribution < 1.29 is 14.4 Å². The topological polar surface area (TPSA) is 92.5 Å². The predicted octanol–water partition coefficient (Wildman–Crippen LogP) is -0.869. The summed E-state index contributed by atoms with van der Waals surface area (Å²) in [5.41, 5.74) is 5.54. The number of amides is 3. The van der Waals surface area contributed by atoms with Crippen LogP contribution in [-0.2, 0) is 14.4 Å². The van der Waals surface area contributed by atoms with E-state index < -0.39 is 11.6 Å². The van der Waals surface area contributed by atoms with Crippen molar-refractivity contribution in [2.45, 2.75) is 43.7 Å². The van der Waals surface area contributed by atoms with Crippen molar-refractivity contribution >= 4 is 17.7 Å². The number of likely N-dealkylation sites (tertiary alicyclic amines) is 1. The molecule has 6 nitrogen and oxygen atoms in total. The number of carbonyl (C=O) groups is 3. The molecular formula is C11H17N3O3. The largest absolute Gasteiger partial charge is 0.344 e. The normalized spacial score (nSPS) is 26.9. The lowest BCUT2D eigenvalue weighted by Gasteiger charge is -2.37. The molecule has 6 heteroatoms. The predicted molar refractivity (Wildman–Crippen MR) is 59.7 cm³/mol. The van der Waals surface area contributed by atoms with Crippen molar-refractivity contribution in [2.75, 3.05) is 7.05 Å². The number of hydrogen-bond donors (Lipinski definition) is 2. The Bertz CT molecular complexity index is 376. The third kappa shape index (κ3) is 2.31. The first kappa shape index (κ1) is 12.0. The Morgan fingerprint density at radius 3 is 2.59 bits per heavy atom. The zero-order chi connectivity index (χ0) is 12.6. The van der Waals surface area contributed by atoms with Crippen molar-refractivity contribution in [2.24, 2.45) is 5.73 Å². The van der Waals surface area contributed by atoms with Gasteiger partial charge in [0.15, 0.2) is 0 Å². The minimum atomic E-state index is -0.705. The van der Waals surface area contributed by atoms with Gasteiger partial charge in [-0.25, -0.2) is 0 Å². The number of rotatable bonds is 3. The van der Waals surface area contributed by atoms with Gasteiger partial charge in [0.1, 0.15) is 6.04 Å². The zero-order valence-corrected chi connectivity index (χ0v) is 9.86. The second kappa shape index (κ2) is 4.10. The molecule has 2 rings (SSSR count). The first-order valence-corrected chi connectivity index (χ1v) is 5.80. The van der Waals surface area contributed by atoms with Crippen molar-refractivity contribution in [1.29, 1.82) is 0 Å². The van der Waals surface area contributed by atoms with Gasteiger partial charge >= 0.3 is 0 Å². The fourth-order valence-corrected chi connectivity index (χ4v) is 2.24. The Morgan fingerprint density at radius 2 is 2.18 bits per heavy atom. The average Bonchev–Trinajstić information content (AvgIpc) is 2.44. The number of imide groups is 1. The van der Waals surface area contributed by atoms with Crippen LogP contribution in [0.15, 0.2) is 0 Å². The van der Waals surface area contributed by atoms with Gasteiger partial charge in [-0.2, -0.15) is 0 Å². The summed E-state index contributed by atoms with van der Waals surface area (Å²) in [6, 6.07) is -0.705. The van der Waals surface area contributed by atoms with Crippen LogP contribution >= 0.6 is 0 Å². The minimum absolute atomic E-state index is 0.0542. The molecule has 94 valence electrons. The number of nitrogens with zero attached hydrogens (tertiary/aromatic N) is 1. The van der Waals surface area contributed by atoms with Gasteiger partial charge in [0.25, 0.3) is 5.91 Å². The summed E-state index contributed by atoms with van der Waals surface area (Å²) in [5, 5.41) is 2.58. The van der Waals surface area contributed by atoms with Gasteiger partial charge in [0, 0.05) is 19.0 Å².